The van der Waals surface area contributed by atoms with E-state index in [9.17, 15) is 4.79 Å². The van der Waals surface area contributed by atoms with Crippen molar-refractivity contribution in [3.05, 3.63) is 34.9 Å². The molecular weight excluding hydrogens is 244 g/mol. The van der Waals surface area contributed by atoms with Crippen molar-refractivity contribution in [3.63, 3.8) is 0 Å². The molecule has 0 saturated heterocycles. The molecule has 0 saturated carbocycles. The van der Waals surface area contributed by atoms with Gasteiger partial charge in [-0.25, -0.2) is 0 Å². The highest BCUT2D eigenvalue weighted by molar-refractivity contribution is 7.98. The number of fused-ring (bicyclic) bond motifs is 1. The smallest absolute Gasteiger partial charge is 0.310 e. The molecule has 96 valence electrons. The summed E-state index contributed by atoms with van der Waals surface area (Å²) in [5.41, 5.74) is 3.54. The van der Waals surface area contributed by atoms with Crippen LogP contribution in [0.5, 0.6) is 0 Å². The minimum Gasteiger partial charge on any atom is -0.481 e. The molecule has 2 unspecified atom stereocenters. The van der Waals surface area contributed by atoms with Gasteiger partial charge >= 0.3 is 5.97 Å². The zero-order valence-electron chi connectivity index (χ0n) is 10.9. The molecule has 0 heterocycles. The molecule has 0 bridgehead atoms. The fourth-order valence-corrected chi connectivity index (χ4v) is 2.87. The second-order valence-electron chi connectivity index (χ2n) is 4.88. The van der Waals surface area contributed by atoms with Gasteiger partial charge in [-0.2, -0.15) is 0 Å². The lowest BCUT2D eigenvalue weighted by atomic mass is 9.80. The maximum atomic E-state index is 11.1. The third kappa shape index (κ3) is 2.46. The number of carbonyl (C=O) groups is 1. The number of hydrogen-bond acceptors (Lipinski definition) is 2. The lowest BCUT2D eigenvalue weighted by Crippen LogP contribution is -2.16. The summed E-state index contributed by atoms with van der Waals surface area (Å²) in [5, 5.41) is 9.11. The Balaban J connectivity index is 2.41. The van der Waals surface area contributed by atoms with Crippen LogP contribution in [0.1, 0.15) is 37.3 Å². The van der Waals surface area contributed by atoms with Crippen molar-refractivity contribution in [2.24, 2.45) is 5.92 Å². The van der Waals surface area contributed by atoms with E-state index in [2.05, 4.69) is 37.5 Å². The molecule has 0 aromatic heterocycles. The van der Waals surface area contributed by atoms with Gasteiger partial charge in [0.1, 0.15) is 0 Å². The predicted molar refractivity (Wildman–Crippen MR) is 76.0 cm³/mol. The van der Waals surface area contributed by atoms with E-state index in [1.54, 1.807) is 18.7 Å². The van der Waals surface area contributed by atoms with Crippen LogP contribution in [-0.4, -0.2) is 17.3 Å². The number of benzene rings is 1. The average Bonchev–Trinajstić information content (AvgIpc) is 2.37. The number of carboxylic acids is 1. The molecule has 0 aliphatic heterocycles. The summed E-state index contributed by atoms with van der Waals surface area (Å²) in [7, 11) is 0. The Morgan fingerprint density at radius 3 is 2.83 bits per heavy atom. The molecule has 1 aliphatic carbocycles. The van der Waals surface area contributed by atoms with E-state index >= 15 is 0 Å². The first kappa shape index (κ1) is 13.2. The SMILES string of the molecule is CSc1ccc2c(c1)C(C)CC(C(C)C(=O)O)=C2. The number of aliphatic carboxylic acids is 1. The number of rotatable bonds is 3. The summed E-state index contributed by atoms with van der Waals surface area (Å²) in [6.07, 6.45) is 4.97. The van der Waals surface area contributed by atoms with Gasteiger partial charge in [0, 0.05) is 4.90 Å². The minimum atomic E-state index is -0.738. The lowest BCUT2D eigenvalue weighted by molar-refractivity contribution is -0.139. The van der Waals surface area contributed by atoms with Crippen LogP contribution >= 0.6 is 11.8 Å². The molecule has 1 N–H and O–H groups in total. The summed E-state index contributed by atoms with van der Waals surface area (Å²) in [6.45, 7) is 3.94. The Hall–Kier alpha value is -1.22. The van der Waals surface area contributed by atoms with Crippen molar-refractivity contribution in [2.45, 2.75) is 31.1 Å². The Morgan fingerprint density at radius 1 is 1.50 bits per heavy atom. The van der Waals surface area contributed by atoms with Crippen molar-refractivity contribution in [2.75, 3.05) is 6.26 Å². The van der Waals surface area contributed by atoms with Gasteiger partial charge in [0.2, 0.25) is 0 Å². The van der Waals surface area contributed by atoms with Crippen LogP contribution in [-0.2, 0) is 4.79 Å². The number of carboxylic acid groups (broad SMARTS) is 1. The fraction of sp³-hybridized carbons (Fsp3) is 0.400. The third-order valence-corrected chi connectivity index (χ3v) is 4.36. The van der Waals surface area contributed by atoms with E-state index < -0.39 is 5.97 Å². The molecule has 2 rings (SSSR count). The first-order chi connectivity index (χ1) is 8.52. The zero-order valence-corrected chi connectivity index (χ0v) is 11.8. The second-order valence-corrected chi connectivity index (χ2v) is 5.76. The molecule has 1 aliphatic rings. The van der Waals surface area contributed by atoms with Gasteiger partial charge in [-0.1, -0.05) is 24.6 Å². The van der Waals surface area contributed by atoms with Gasteiger partial charge in [-0.15, -0.1) is 11.8 Å². The van der Waals surface area contributed by atoms with Crippen molar-refractivity contribution < 1.29 is 9.90 Å². The summed E-state index contributed by atoms with van der Waals surface area (Å²) in [6, 6.07) is 6.43. The molecule has 18 heavy (non-hydrogen) atoms. The van der Waals surface area contributed by atoms with E-state index in [1.807, 2.05) is 0 Å². The first-order valence-corrected chi connectivity index (χ1v) is 7.36. The molecular formula is C15H18O2S. The fourth-order valence-electron chi connectivity index (χ4n) is 2.42. The van der Waals surface area contributed by atoms with Gasteiger partial charge in [0.15, 0.2) is 0 Å². The lowest BCUT2D eigenvalue weighted by Gasteiger charge is -2.25. The highest BCUT2D eigenvalue weighted by Gasteiger charge is 2.24. The van der Waals surface area contributed by atoms with Crippen LogP contribution in [0, 0.1) is 5.92 Å². The molecule has 3 heteroatoms. The van der Waals surface area contributed by atoms with E-state index in [0.29, 0.717) is 5.92 Å². The maximum Gasteiger partial charge on any atom is 0.310 e. The average molecular weight is 262 g/mol. The van der Waals surface area contributed by atoms with Crippen molar-refractivity contribution in [1.29, 1.82) is 0 Å². The summed E-state index contributed by atoms with van der Waals surface area (Å²) in [4.78, 5) is 12.3. The quantitative estimate of drug-likeness (QED) is 0.836. The molecule has 2 nitrogen and oxygen atoms in total. The van der Waals surface area contributed by atoms with Crippen LogP contribution in [0.25, 0.3) is 6.08 Å². The zero-order chi connectivity index (χ0) is 13.3. The van der Waals surface area contributed by atoms with Crippen LogP contribution in [0.2, 0.25) is 0 Å². The second kappa shape index (κ2) is 5.19. The van der Waals surface area contributed by atoms with E-state index in [0.717, 1.165) is 12.0 Å². The Kier molecular flexibility index (Phi) is 3.81. The van der Waals surface area contributed by atoms with Crippen molar-refractivity contribution in [1.82, 2.24) is 0 Å². The largest absolute Gasteiger partial charge is 0.481 e. The van der Waals surface area contributed by atoms with E-state index in [-0.39, 0.29) is 5.92 Å². The molecule has 2 atom stereocenters. The predicted octanol–water partition coefficient (Wildman–Crippen LogP) is 4.02. The molecule has 0 amide bonds. The van der Waals surface area contributed by atoms with Gasteiger partial charge in [-0.3, -0.25) is 4.79 Å². The normalized spacial score (nSPS) is 19.9. The molecule has 1 aromatic carbocycles. The summed E-state index contributed by atoms with van der Waals surface area (Å²) < 4.78 is 0. The van der Waals surface area contributed by atoms with Gasteiger partial charge < -0.3 is 5.11 Å². The summed E-state index contributed by atoms with van der Waals surface area (Å²) >= 11 is 1.74. The first-order valence-electron chi connectivity index (χ1n) is 6.14. The Morgan fingerprint density at radius 2 is 2.22 bits per heavy atom. The van der Waals surface area contributed by atoms with Gasteiger partial charge in [0.25, 0.3) is 0 Å². The molecule has 1 aromatic rings. The van der Waals surface area contributed by atoms with Crippen molar-refractivity contribution >= 4 is 23.8 Å². The highest BCUT2D eigenvalue weighted by Crippen LogP contribution is 2.37. The molecule has 0 spiro atoms. The van der Waals surface area contributed by atoms with E-state index in [1.165, 1.54) is 16.0 Å². The third-order valence-electron chi connectivity index (χ3n) is 3.63. The van der Waals surface area contributed by atoms with Crippen LogP contribution in [0.3, 0.4) is 0 Å². The molecule has 0 radical (unpaired) electrons. The summed E-state index contributed by atoms with van der Waals surface area (Å²) in [5.74, 6) is -0.729. The van der Waals surface area contributed by atoms with Crippen molar-refractivity contribution in [3.8, 4) is 0 Å². The van der Waals surface area contributed by atoms with Gasteiger partial charge in [-0.05, 0) is 48.8 Å². The van der Waals surface area contributed by atoms with Crippen LogP contribution < -0.4 is 0 Å². The monoisotopic (exact) mass is 262 g/mol. The Labute approximate surface area is 112 Å². The number of hydrogen-bond donors (Lipinski definition) is 1. The maximum absolute atomic E-state index is 11.1. The van der Waals surface area contributed by atoms with Gasteiger partial charge in [0.05, 0.1) is 5.92 Å². The highest BCUT2D eigenvalue weighted by atomic mass is 32.2. The molecule has 0 fully saturated rings. The topological polar surface area (TPSA) is 37.3 Å². The number of thioether (sulfide) groups is 1. The van der Waals surface area contributed by atoms with E-state index in [4.69, 9.17) is 5.11 Å². The Bertz CT molecular complexity index is 505. The van der Waals surface area contributed by atoms with Crippen LogP contribution in [0.15, 0.2) is 28.7 Å². The minimum absolute atomic E-state index is 0.388. The van der Waals surface area contributed by atoms with Crippen LogP contribution in [0.4, 0.5) is 0 Å². The standard InChI is InChI=1S/C15H18O2S/c1-9-6-12(10(2)15(16)17)7-11-4-5-13(18-3)8-14(9)11/h4-5,7-10H,6H2,1-3H3,(H,16,17).